The van der Waals surface area contributed by atoms with E-state index in [1.165, 1.54) is 25.1 Å². The van der Waals surface area contributed by atoms with E-state index in [9.17, 15) is 0 Å². The van der Waals surface area contributed by atoms with Gasteiger partial charge in [0.1, 0.15) is 5.75 Å². The summed E-state index contributed by atoms with van der Waals surface area (Å²) in [5.74, 6) is 2.53. The van der Waals surface area contributed by atoms with Gasteiger partial charge >= 0.3 is 0 Å². The van der Waals surface area contributed by atoms with E-state index in [-0.39, 0.29) is 24.0 Å². The van der Waals surface area contributed by atoms with Gasteiger partial charge in [-0.3, -0.25) is 4.99 Å². The molecule has 142 valence electrons. The van der Waals surface area contributed by atoms with Crippen LogP contribution in [0.4, 0.5) is 0 Å². The molecule has 1 fully saturated rings. The second-order valence-corrected chi connectivity index (χ2v) is 6.29. The molecule has 1 aromatic carbocycles. The van der Waals surface area contributed by atoms with Crippen LogP contribution in [0.1, 0.15) is 25.8 Å². The number of halogens is 1. The number of nitrogens with one attached hydrogen (secondary N) is 2. The summed E-state index contributed by atoms with van der Waals surface area (Å²) in [6.07, 6.45) is 2.24. The highest BCUT2D eigenvalue weighted by Gasteiger charge is 2.20. The van der Waals surface area contributed by atoms with Crippen LogP contribution in [0.3, 0.4) is 0 Å². The number of likely N-dealkylation sites (tertiary alicyclic amines) is 1. The topological polar surface area (TPSA) is 48.9 Å². The molecular formula is C19H33IN4O. The van der Waals surface area contributed by atoms with Gasteiger partial charge in [0.05, 0.1) is 7.11 Å². The van der Waals surface area contributed by atoms with Crippen molar-refractivity contribution in [3.05, 3.63) is 29.8 Å². The Morgan fingerprint density at radius 1 is 1.24 bits per heavy atom. The molecule has 0 bridgehead atoms. The lowest BCUT2D eigenvalue weighted by molar-refractivity contribution is 0.343. The maximum absolute atomic E-state index is 5.19. The Kier molecular flexibility index (Phi) is 10.9. The largest absolute Gasteiger partial charge is 0.497 e. The van der Waals surface area contributed by atoms with Gasteiger partial charge in [0.25, 0.3) is 0 Å². The Hall–Kier alpha value is -1.02. The van der Waals surface area contributed by atoms with E-state index in [1.807, 2.05) is 12.1 Å². The number of hydrogen-bond donors (Lipinski definition) is 2. The summed E-state index contributed by atoms with van der Waals surface area (Å²) in [6.45, 7) is 10.6. The van der Waals surface area contributed by atoms with Crippen LogP contribution in [-0.4, -0.2) is 57.2 Å². The second kappa shape index (κ2) is 12.4. The molecule has 25 heavy (non-hydrogen) atoms. The lowest BCUT2D eigenvalue weighted by Crippen LogP contribution is -2.38. The lowest BCUT2D eigenvalue weighted by atomic mass is 10.1. The first-order valence-electron chi connectivity index (χ1n) is 9.12. The monoisotopic (exact) mass is 460 g/mol. The molecule has 1 aliphatic rings. The average molecular weight is 460 g/mol. The molecule has 1 aromatic rings. The zero-order valence-electron chi connectivity index (χ0n) is 15.8. The number of nitrogens with zero attached hydrogens (tertiary/aromatic N) is 2. The minimum Gasteiger partial charge on any atom is -0.497 e. The predicted molar refractivity (Wildman–Crippen MR) is 116 cm³/mol. The first-order valence-corrected chi connectivity index (χ1v) is 9.12. The summed E-state index contributed by atoms with van der Waals surface area (Å²) >= 11 is 0. The number of benzene rings is 1. The molecule has 0 radical (unpaired) electrons. The maximum Gasteiger partial charge on any atom is 0.191 e. The number of ether oxygens (including phenoxy) is 1. The summed E-state index contributed by atoms with van der Waals surface area (Å²) in [5, 5.41) is 6.78. The third kappa shape index (κ3) is 7.81. The van der Waals surface area contributed by atoms with Crippen LogP contribution in [0.5, 0.6) is 5.75 Å². The first kappa shape index (κ1) is 22.0. The Labute approximate surface area is 169 Å². The fraction of sp³-hybridized carbons (Fsp3) is 0.632. The molecule has 1 saturated heterocycles. The highest BCUT2D eigenvalue weighted by molar-refractivity contribution is 14.0. The fourth-order valence-electron chi connectivity index (χ4n) is 3.03. The van der Waals surface area contributed by atoms with Gasteiger partial charge < -0.3 is 20.3 Å². The molecule has 0 aliphatic carbocycles. The number of rotatable bonds is 8. The van der Waals surface area contributed by atoms with Crippen molar-refractivity contribution in [1.29, 1.82) is 0 Å². The van der Waals surface area contributed by atoms with Crippen molar-refractivity contribution in [2.45, 2.75) is 26.7 Å². The molecule has 0 saturated carbocycles. The van der Waals surface area contributed by atoms with Crippen LogP contribution in [0.2, 0.25) is 0 Å². The molecule has 0 amide bonds. The highest BCUT2D eigenvalue weighted by Crippen LogP contribution is 2.15. The van der Waals surface area contributed by atoms with Crippen LogP contribution in [-0.2, 0) is 6.42 Å². The van der Waals surface area contributed by atoms with E-state index in [1.54, 1.807) is 7.11 Å². The molecular weight excluding hydrogens is 427 g/mol. The molecule has 5 nitrogen and oxygen atoms in total. The minimum absolute atomic E-state index is 0. The maximum atomic E-state index is 5.19. The highest BCUT2D eigenvalue weighted by atomic mass is 127. The molecule has 0 aromatic heterocycles. The summed E-state index contributed by atoms with van der Waals surface area (Å²) < 4.78 is 5.19. The van der Waals surface area contributed by atoms with E-state index < -0.39 is 0 Å². The van der Waals surface area contributed by atoms with Crippen molar-refractivity contribution in [3.63, 3.8) is 0 Å². The van der Waals surface area contributed by atoms with E-state index in [2.05, 4.69) is 41.5 Å². The molecule has 0 spiro atoms. The molecule has 1 atom stereocenters. The van der Waals surface area contributed by atoms with Gasteiger partial charge in [-0.25, -0.2) is 0 Å². The molecule has 6 heteroatoms. The van der Waals surface area contributed by atoms with Gasteiger partial charge in [0.15, 0.2) is 5.96 Å². The van der Waals surface area contributed by atoms with Crippen molar-refractivity contribution in [2.75, 3.05) is 46.4 Å². The van der Waals surface area contributed by atoms with E-state index in [0.29, 0.717) is 5.92 Å². The van der Waals surface area contributed by atoms with Gasteiger partial charge in [-0.2, -0.15) is 0 Å². The van der Waals surface area contributed by atoms with Gasteiger partial charge in [0.2, 0.25) is 0 Å². The zero-order valence-corrected chi connectivity index (χ0v) is 18.1. The van der Waals surface area contributed by atoms with E-state index in [0.717, 1.165) is 44.3 Å². The Bertz CT molecular complexity index is 507. The van der Waals surface area contributed by atoms with Crippen molar-refractivity contribution >= 4 is 29.9 Å². The normalized spacial score (nSPS) is 17.9. The lowest BCUT2D eigenvalue weighted by Gasteiger charge is -2.14. The van der Waals surface area contributed by atoms with Gasteiger partial charge in [-0.05, 0) is 56.5 Å². The third-order valence-electron chi connectivity index (χ3n) is 4.53. The third-order valence-corrected chi connectivity index (χ3v) is 4.53. The predicted octanol–water partition coefficient (Wildman–Crippen LogP) is 2.75. The number of aliphatic imine (C=N–C) groups is 1. The number of methoxy groups -OCH3 is 1. The smallest absolute Gasteiger partial charge is 0.191 e. The summed E-state index contributed by atoms with van der Waals surface area (Å²) in [4.78, 5) is 7.27. The molecule has 2 N–H and O–H groups in total. The van der Waals surface area contributed by atoms with Crippen molar-refractivity contribution in [1.82, 2.24) is 15.5 Å². The van der Waals surface area contributed by atoms with Crippen LogP contribution in [0.25, 0.3) is 0 Å². The van der Waals surface area contributed by atoms with E-state index >= 15 is 0 Å². The zero-order chi connectivity index (χ0) is 17.2. The van der Waals surface area contributed by atoms with Crippen molar-refractivity contribution in [3.8, 4) is 5.75 Å². The number of guanidine groups is 1. The first-order chi connectivity index (χ1) is 11.7. The fourth-order valence-corrected chi connectivity index (χ4v) is 3.03. The minimum atomic E-state index is 0. The van der Waals surface area contributed by atoms with Crippen LogP contribution in [0.15, 0.2) is 29.3 Å². The van der Waals surface area contributed by atoms with Crippen LogP contribution in [0, 0.1) is 5.92 Å². The van der Waals surface area contributed by atoms with Crippen molar-refractivity contribution < 1.29 is 4.74 Å². The molecule has 1 aliphatic heterocycles. The summed E-state index contributed by atoms with van der Waals surface area (Å²) in [7, 11) is 1.69. The Balaban J connectivity index is 0.00000312. The van der Waals surface area contributed by atoms with Gasteiger partial charge in [-0.1, -0.05) is 19.1 Å². The quantitative estimate of drug-likeness (QED) is 0.356. The van der Waals surface area contributed by atoms with Gasteiger partial charge in [-0.15, -0.1) is 24.0 Å². The standard InChI is InChI=1S/C19H32N4O.HI/c1-4-20-19(22-14-17-11-13-23(5-2)15-17)21-12-10-16-6-8-18(24-3)9-7-16;/h6-9,17H,4-5,10-15H2,1-3H3,(H2,20,21,22);1H. The van der Waals surface area contributed by atoms with Crippen LogP contribution >= 0.6 is 24.0 Å². The van der Waals surface area contributed by atoms with E-state index in [4.69, 9.17) is 9.73 Å². The molecule has 2 rings (SSSR count). The molecule has 1 heterocycles. The Morgan fingerprint density at radius 2 is 2.00 bits per heavy atom. The summed E-state index contributed by atoms with van der Waals surface area (Å²) in [6, 6.07) is 8.24. The number of hydrogen-bond acceptors (Lipinski definition) is 3. The van der Waals surface area contributed by atoms with Crippen LogP contribution < -0.4 is 15.4 Å². The van der Waals surface area contributed by atoms with Crippen molar-refractivity contribution in [2.24, 2.45) is 10.9 Å². The SMILES string of the molecule is CCNC(=NCC1CCN(CC)C1)NCCc1ccc(OC)cc1.I. The second-order valence-electron chi connectivity index (χ2n) is 6.29. The summed E-state index contributed by atoms with van der Waals surface area (Å²) in [5.41, 5.74) is 1.30. The molecule has 1 unspecified atom stereocenters. The Morgan fingerprint density at radius 3 is 2.60 bits per heavy atom. The average Bonchev–Trinajstić information content (AvgIpc) is 3.08. The van der Waals surface area contributed by atoms with Gasteiger partial charge in [0, 0.05) is 26.2 Å².